The summed E-state index contributed by atoms with van der Waals surface area (Å²) in [7, 11) is 3.79. The monoisotopic (exact) mass is 295 g/mol. The minimum atomic E-state index is -0.576. The van der Waals surface area contributed by atoms with Crippen molar-refractivity contribution in [3.05, 3.63) is 35.6 Å². The van der Waals surface area contributed by atoms with Crippen molar-refractivity contribution in [2.45, 2.75) is 32.9 Å². The Labute approximate surface area is 126 Å². The first kappa shape index (κ1) is 17.6. The van der Waals surface area contributed by atoms with E-state index in [4.69, 9.17) is 5.73 Å². The van der Waals surface area contributed by atoms with Crippen LogP contribution in [0.1, 0.15) is 32.4 Å². The molecule has 0 aliphatic carbocycles. The molecule has 0 aliphatic rings. The number of nitrogens with one attached hydrogen (secondary N) is 1. The molecular weight excluding hydrogens is 269 g/mol. The number of nitrogens with zero attached hydrogens (tertiary/aromatic N) is 1. The molecule has 1 aromatic rings. The fourth-order valence-corrected chi connectivity index (χ4v) is 2.01. The van der Waals surface area contributed by atoms with Gasteiger partial charge in [0.15, 0.2) is 0 Å². The molecule has 0 aromatic heterocycles. The van der Waals surface area contributed by atoms with E-state index in [0.717, 1.165) is 5.56 Å². The minimum Gasteiger partial charge on any atom is -0.353 e. The van der Waals surface area contributed by atoms with Gasteiger partial charge in [-0.15, -0.1) is 0 Å². The molecule has 0 bridgehead atoms. The summed E-state index contributed by atoms with van der Waals surface area (Å²) >= 11 is 0. The second-order valence-electron chi connectivity index (χ2n) is 6.62. The van der Waals surface area contributed by atoms with Crippen molar-refractivity contribution in [2.75, 3.05) is 20.6 Å². The Hall–Kier alpha value is -1.46. The number of nitrogens with two attached hydrogens (primary N) is 1. The normalized spacial score (nSPS) is 14.9. The predicted molar refractivity (Wildman–Crippen MR) is 83.3 cm³/mol. The zero-order valence-corrected chi connectivity index (χ0v) is 13.5. The summed E-state index contributed by atoms with van der Waals surface area (Å²) in [6.45, 7) is 6.16. The molecule has 1 unspecified atom stereocenters. The van der Waals surface area contributed by atoms with Crippen LogP contribution in [0, 0.1) is 11.2 Å². The van der Waals surface area contributed by atoms with Gasteiger partial charge in [-0.3, -0.25) is 4.79 Å². The fraction of sp³-hybridized carbons (Fsp3) is 0.562. The van der Waals surface area contributed by atoms with Gasteiger partial charge in [-0.2, -0.15) is 0 Å². The van der Waals surface area contributed by atoms with Crippen molar-refractivity contribution in [1.29, 1.82) is 0 Å². The van der Waals surface area contributed by atoms with Crippen LogP contribution in [0.2, 0.25) is 0 Å². The van der Waals surface area contributed by atoms with Gasteiger partial charge in [0.2, 0.25) is 5.91 Å². The summed E-state index contributed by atoms with van der Waals surface area (Å²) in [5, 5.41) is 2.86. The number of rotatable bonds is 5. The van der Waals surface area contributed by atoms with Gasteiger partial charge in [0.1, 0.15) is 5.82 Å². The molecule has 0 fully saturated rings. The van der Waals surface area contributed by atoms with Crippen LogP contribution in [0.3, 0.4) is 0 Å². The Kier molecular flexibility index (Phi) is 5.87. The molecule has 3 N–H and O–H groups in total. The number of halogens is 1. The highest BCUT2D eigenvalue weighted by Crippen LogP contribution is 2.20. The van der Waals surface area contributed by atoms with Crippen molar-refractivity contribution >= 4 is 5.91 Å². The molecular formula is C16H26FN3O. The third kappa shape index (κ3) is 5.10. The Morgan fingerprint density at radius 2 is 2.00 bits per heavy atom. The Bertz CT molecular complexity index is 483. The summed E-state index contributed by atoms with van der Waals surface area (Å²) in [6, 6.07) is 5.74. The molecule has 0 spiro atoms. The van der Waals surface area contributed by atoms with Crippen LogP contribution in [-0.4, -0.2) is 37.5 Å². The lowest BCUT2D eigenvalue weighted by Crippen LogP contribution is -2.50. The van der Waals surface area contributed by atoms with E-state index in [1.807, 2.05) is 45.8 Å². The fourth-order valence-electron chi connectivity index (χ4n) is 2.01. The SMILES string of the molecule is CN(C)C(CNC(=O)[C@@H](N)C(C)(C)C)c1cccc(F)c1. The van der Waals surface area contributed by atoms with Gasteiger partial charge in [0.05, 0.1) is 12.1 Å². The molecule has 118 valence electrons. The van der Waals surface area contributed by atoms with Crippen LogP contribution in [0.15, 0.2) is 24.3 Å². The van der Waals surface area contributed by atoms with Crippen molar-refractivity contribution in [3.8, 4) is 0 Å². The number of likely N-dealkylation sites (N-methyl/N-ethyl adjacent to an activating group) is 1. The number of carbonyl (C=O) groups is 1. The van der Waals surface area contributed by atoms with E-state index in [0.29, 0.717) is 6.54 Å². The molecule has 1 amide bonds. The summed E-state index contributed by atoms with van der Waals surface area (Å²) in [4.78, 5) is 14.0. The number of benzene rings is 1. The van der Waals surface area contributed by atoms with Crippen LogP contribution in [0.5, 0.6) is 0 Å². The Morgan fingerprint density at radius 3 is 2.48 bits per heavy atom. The molecule has 21 heavy (non-hydrogen) atoms. The van der Waals surface area contributed by atoms with Crippen LogP contribution < -0.4 is 11.1 Å². The first-order valence-corrected chi connectivity index (χ1v) is 7.08. The standard InChI is InChI=1S/C16H26FN3O/c1-16(2,3)14(18)15(21)19-10-13(20(4)5)11-7-6-8-12(17)9-11/h6-9,13-14H,10,18H2,1-5H3,(H,19,21)/t13?,14-/m1/s1. The number of hydrogen-bond acceptors (Lipinski definition) is 3. The molecule has 0 heterocycles. The molecule has 4 nitrogen and oxygen atoms in total. The Balaban J connectivity index is 2.75. The van der Waals surface area contributed by atoms with Crippen LogP contribution in [-0.2, 0) is 4.79 Å². The number of carbonyl (C=O) groups excluding carboxylic acids is 1. The number of hydrogen-bond donors (Lipinski definition) is 2. The zero-order valence-electron chi connectivity index (χ0n) is 13.5. The average Bonchev–Trinajstić information content (AvgIpc) is 2.36. The molecule has 2 atom stereocenters. The predicted octanol–water partition coefficient (Wildman–Crippen LogP) is 1.92. The molecule has 5 heteroatoms. The van der Waals surface area contributed by atoms with Crippen LogP contribution >= 0.6 is 0 Å². The maximum Gasteiger partial charge on any atom is 0.237 e. The quantitative estimate of drug-likeness (QED) is 0.872. The molecule has 1 rings (SSSR count). The van der Waals surface area contributed by atoms with E-state index < -0.39 is 6.04 Å². The maximum absolute atomic E-state index is 13.3. The zero-order chi connectivity index (χ0) is 16.2. The molecule has 0 aliphatic heterocycles. The second-order valence-corrected chi connectivity index (χ2v) is 6.62. The van der Waals surface area contributed by atoms with Crippen LogP contribution in [0.4, 0.5) is 4.39 Å². The van der Waals surface area contributed by atoms with Crippen molar-refractivity contribution in [3.63, 3.8) is 0 Å². The van der Waals surface area contributed by atoms with Crippen LogP contribution in [0.25, 0.3) is 0 Å². The van der Waals surface area contributed by atoms with E-state index in [1.165, 1.54) is 12.1 Å². The van der Waals surface area contributed by atoms with E-state index >= 15 is 0 Å². The smallest absolute Gasteiger partial charge is 0.237 e. The molecule has 0 saturated heterocycles. The highest BCUT2D eigenvalue weighted by Gasteiger charge is 2.28. The number of amides is 1. The van der Waals surface area contributed by atoms with Crippen molar-refractivity contribution < 1.29 is 9.18 Å². The molecule has 0 radical (unpaired) electrons. The minimum absolute atomic E-state index is 0.100. The van der Waals surface area contributed by atoms with Crippen molar-refractivity contribution in [1.82, 2.24) is 10.2 Å². The third-order valence-electron chi connectivity index (χ3n) is 3.54. The average molecular weight is 295 g/mol. The highest BCUT2D eigenvalue weighted by atomic mass is 19.1. The van der Waals surface area contributed by atoms with Gasteiger partial charge in [-0.05, 0) is 37.2 Å². The first-order valence-electron chi connectivity index (χ1n) is 7.08. The van der Waals surface area contributed by atoms with Gasteiger partial charge in [0.25, 0.3) is 0 Å². The summed E-state index contributed by atoms with van der Waals surface area (Å²) in [5.74, 6) is -0.470. The lowest BCUT2D eigenvalue weighted by Gasteiger charge is -2.29. The van der Waals surface area contributed by atoms with Gasteiger partial charge in [-0.25, -0.2) is 4.39 Å². The van der Waals surface area contributed by atoms with E-state index in [2.05, 4.69) is 5.32 Å². The summed E-state index contributed by atoms with van der Waals surface area (Å²) in [5.41, 5.74) is 6.46. The van der Waals surface area contributed by atoms with Gasteiger partial charge in [-0.1, -0.05) is 32.9 Å². The van der Waals surface area contributed by atoms with Gasteiger partial charge in [0, 0.05) is 6.54 Å². The highest BCUT2D eigenvalue weighted by molar-refractivity contribution is 5.82. The maximum atomic E-state index is 13.3. The lowest BCUT2D eigenvalue weighted by molar-refractivity contribution is -0.124. The van der Waals surface area contributed by atoms with E-state index in [9.17, 15) is 9.18 Å². The largest absolute Gasteiger partial charge is 0.353 e. The second kappa shape index (κ2) is 7.00. The van der Waals surface area contributed by atoms with Crippen molar-refractivity contribution in [2.24, 2.45) is 11.1 Å². The lowest BCUT2D eigenvalue weighted by atomic mass is 9.87. The molecule has 0 saturated carbocycles. The first-order chi connectivity index (χ1) is 9.62. The Morgan fingerprint density at radius 1 is 1.38 bits per heavy atom. The van der Waals surface area contributed by atoms with Gasteiger partial charge >= 0.3 is 0 Å². The van der Waals surface area contributed by atoms with E-state index in [-0.39, 0.29) is 23.2 Å². The van der Waals surface area contributed by atoms with E-state index in [1.54, 1.807) is 6.07 Å². The summed E-state index contributed by atoms with van der Waals surface area (Å²) < 4.78 is 13.3. The van der Waals surface area contributed by atoms with Gasteiger partial charge < -0.3 is 16.0 Å². The summed E-state index contributed by atoms with van der Waals surface area (Å²) in [6.07, 6.45) is 0. The topological polar surface area (TPSA) is 58.4 Å². The third-order valence-corrected chi connectivity index (χ3v) is 3.54. The molecule has 1 aromatic carbocycles.